The normalized spacial score (nSPS) is 27.2. The molecular formula is C11H15N5O3. The number of aliphatic hydroxyl groups is 1. The van der Waals surface area contributed by atoms with Crippen LogP contribution in [0.25, 0.3) is 11.2 Å². The molecule has 2 atom stereocenters. The van der Waals surface area contributed by atoms with Gasteiger partial charge in [-0.15, -0.1) is 0 Å². The number of ether oxygens (including phenoxy) is 1. The molecule has 4 N–H and O–H groups in total. The summed E-state index contributed by atoms with van der Waals surface area (Å²) < 4.78 is 7.49. The number of H-pyrrole nitrogens is 1. The molecule has 0 saturated carbocycles. The largest absolute Gasteiger partial charge is 0.393 e. The minimum Gasteiger partial charge on any atom is -0.393 e. The van der Waals surface area contributed by atoms with Gasteiger partial charge in [0.1, 0.15) is 6.23 Å². The summed E-state index contributed by atoms with van der Waals surface area (Å²) in [4.78, 5) is 22.2. The van der Waals surface area contributed by atoms with Crippen molar-refractivity contribution in [3.63, 3.8) is 0 Å². The monoisotopic (exact) mass is 265 g/mol. The number of rotatable bonds is 2. The molecule has 1 aliphatic heterocycles. The van der Waals surface area contributed by atoms with E-state index in [2.05, 4.69) is 15.0 Å². The second-order valence-electron chi connectivity index (χ2n) is 4.99. The molecule has 2 aromatic heterocycles. The highest BCUT2D eigenvalue weighted by Crippen LogP contribution is 2.36. The molecule has 1 saturated heterocycles. The van der Waals surface area contributed by atoms with Crippen LogP contribution in [0.5, 0.6) is 0 Å². The first-order chi connectivity index (χ1) is 9.02. The molecule has 1 aliphatic rings. The lowest BCUT2D eigenvalue weighted by Gasteiger charge is -2.22. The molecular weight excluding hydrogens is 250 g/mol. The number of aromatic nitrogens is 4. The summed E-state index contributed by atoms with van der Waals surface area (Å²) in [7, 11) is 0. The van der Waals surface area contributed by atoms with Crippen LogP contribution in [-0.4, -0.2) is 36.8 Å². The maximum absolute atomic E-state index is 11.7. The standard InChI is InChI=1S/C11H15N5O3/c1-11(4-17)3-2-6(19-11)16-5-13-7-8(16)14-10(12)15-9(7)18/h5-6,17H,2-4H2,1H3,(H3,12,14,15,18)/t6-,11+/m1/s1. The molecule has 0 aromatic carbocycles. The van der Waals surface area contributed by atoms with E-state index in [0.717, 1.165) is 12.8 Å². The number of hydrogen-bond donors (Lipinski definition) is 3. The van der Waals surface area contributed by atoms with Crippen molar-refractivity contribution in [2.24, 2.45) is 0 Å². The van der Waals surface area contributed by atoms with Crippen LogP contribution in [0.4, 0.5) is 5.95 Å². The van der Waals surface area contributed by atoms with Crippen LogP contribution in [0, 0.1) is 0 Å². The summed E-state index contributed by atoms with van der Waals surface area (Å²) in [5.41, 5.74) is 5.24. The molecule has 8 nitrogen and oxygen atoms in total. The zero-order valence-electron chi connectivity index (χ0n) is 10.5. The summed E-state index contributed by atoms with van der Waals surface area (Å²) in [6.07, 6.45) is 2.67. The maximum atomic E-state index is 11.7. The Morgan fingerprint density at radius 3 is 3.21 bits per heavy atom. The Kier molecular flexibility index (Phi) is 2.58. The smallest absolute Gasteiger partial charge is 0.280 e. The fraction of sp³-hybridized carbons (Fsp3) is 0.545. The predicted octanol–water partition coefficient (Wildman–Crippen LogP) is -0.238. The zero-order valence-corrected chi connectivity index (χ0v) is 10.5. The Bertz CT molecular complexity index is 679. The fourth-order valence-corrected chi connectivity index (χ4v) is 2.34. The molecule has 3 rings (SSSR count). The van der Waals surface area contributed by atoms with Crippen molar-refractivity contribution in [1.82, 2.24) is 19.5 Å². The van der Waals surface area contributed by atoms with E-state index in [-0.39, 0.29) is 29.9 Å². The lowest BCUT2D eigenvalue weighted by molar-refractivity contribution is -0.0854. The van der Waals surface area contributed by atoms with E-state index in [0.29, 0.717) is 5.65 Å². The van der Waals surface area contributed by atoms with E-state index in [4.69, 9.17) is 10.5 Å². The fourth-order valence-electron chi connectivity index (χ4n) is 2.34. The Hall–Kier alpha value is -1.93. The van der Waals surface area contributed by atoms with Gasteiger partial charge in [0.2, 0.25) is 5.95 Å². The van der Waals surface area contributed by atoms with Gasteiger partial charge in [0.25, 0.3) is 5.56 Å². The number of nitrogens with one attached hydrogen (secondary N) is 1. The molecule has 102 valence electrons. The number of hydrogen-bond acceptors (Lipinski definition) is 6. The van der Waals surface area contributed by atoms with Crippen LogP contribution in [0.15, 0.2) is 11.1 Å². The highest BCUT2D eigenvalue weighted by Gasteiger charge is 2.37. The van der Waals surface area contributed by atoms with E-state index < -0.39 is 5.60 Å². The van der Waals surface area contributed by atoms with E-state index in [1.165, 1.54) is 6.33 Å². The van der Waals surface area contributed by atoms with Crippen molar-refractivity contribution in [3.05, 3.63) is 16.7 Å². The predicted molar refractivity (Wildman–Crippen MR) is 67.4 cm³/mol. The van der Waals surface area contributed by atoms with Gasteiger partial charge >= 0.3 is 0 Å². The third kappa shape index (κ3) is 1.89. The Morgan fingerprint density at radius 1 is 1.74 bits per heavy atom. The van der Waals surface area contributed by atoms with Crippen LogP contribution in [0.1, 0.15) is 26.0 Å². The van der Waals surface area contributed by atoms with Gasteiger partial charge in [-0.25, -0.2) is 4.98 Å². The van der Waals surface area contributed by atoms with Crippen molar-refractivity contribution in [3.8, 4) is 0 Å². The summed E-state index contributed by atoms with van der Waals surface area (Å²) in [6.45, 7) is 1.80. The van der Waals surface area contributed by atoms with E-state index in [1.807, 2.05) is 6.92 Å². The molecule has 0 spiro atoms. The van der Waals surface area contributed by atoms with Gasteiger partial charge in [-0.05, 0) is 19.8 Å². The number of fused-ring (bicyclic) bond motifs is 1. The Balaban J connectivity index is 2.05. The van der Waals surface area contributed by atoms with E-state index >= 15 is 0 Å². The zero-order chi connectivity index (χ0) is 13.6. The topological polar surface area (TPSA) is 119 Å². The van der Waals surface area contributed by atoms with Crippen LogP contribution in [0.3, 0.4) is 0 Å². The second kappa shape index (κ2) is 4.04. The first kappa shape index (κ1) is 12.1. The minimum absolute atomic E-state index is 0.0437. The van der Waals surface area contributed by atoms with Crippen molar-refractivity contribution >= 4 is 17.1 Å². The second-order valence-corrected chi connectivity index (χ2v) is 4.99. The van der Waals surface area contributed by atoms with Crippen LogP contribution >= 0.6 is 0 Å². The highest BCUT2D eigenvalue weighted by molar-refractivity contribution is 5.70. The van der Waals surface area contributed by atoms with Crippen molar-refractivity contribution in [1.29, 1.82) is 0 Å². The summed E-state index contributed by atoms with van der Waals surface area (Å²) in [6, 6.07) is 0. The van der Waals surface area contributed by atoms with Gasteiger partial charge in [-0.1, -0.05) is 0 Å². The minimum atomic E-state index is -0.562. The van der Waals surface area contributed by atoms with Crippen molar-refractivity contribution < 1.29 is 9.84 Å². The molecule has 0 unspecified atom stereocenters. The van der Waals surface area contributed by atoms with Gasteiger partial charge in [0.15, 0.2) is 11.2 Å². The van der Waals surface area contributed by atoms with Crippen LogP contribution < -0.4 is 11.3 Å². The molecule has 0 amide bonds. The highest BCUT2D eigenvalue weighted by atomic mass is 16.5. The van der Waals surface area contributed by atoms with Gasteiger partial charge in [-0.2, -0.15) is 4.98 Å². The van der Waals surface area contributed by atoms with Crippen molar-refractivity contribution in [2.45, 2.75) is 31.6 Å². The quantitative estimate of drug-likeness (QED) is 0.689. The van der Waals surface area contributed by atoms with Crippen LogP contribution in [0.2, 0.25) is 0 Å². The average Bonchev–Trinajstić information content (AvgIpc) is 2.94. The molecule has 19 heavy (non-hydrogen) atoms. The molecule has 8 heteroatoms. The Labute approximate surface area is 108 Å². The molecule has 0 aliphatic carbocycles. The SMILES string of the molecule is C[C@@]1(CO)CC[C@H](n2cnc3c(=O)[nH]c(N)nc32)O1. The molecule has 3 heterocycles. The lowest BCUT2D eigenvalue weighted by atomic mass is 10.0. The number of aliphatic hydroxyl groups excluding tert-OH is 1. The number of aromatic amines is 1. The molecule has 0 radical (unpaired) electrons. The first-order valence-corrected chi connectivity index (χ1v) is 6.03. The van der Waals surface area contributed by atoms with Gasteiger partial charge in [0.05, 0.1) is 18.5 Å². The number of imidazole rings is 1. The average molecular weight is 265 g/mol. The van der Waals surface area contributed by atoms with Crippen molar-refractivity contribution in [2.75, 3.05) is 12.3 Å². The van der Waals surface area contributed by atoms with Gasteiger partial charge in [-0.3, -0.25) is 14.3 Å². The number of nitrogens with zero attached hydrogens (tertiary/aromatic N) is 3. The lowest BCUT2D eigenvalue weighted by Crippen LogP contribution is -2.28. The number of anilines is 1. The van der Waals surface area contributed by atoms with E-state index in [1.54, 1.807) is 4.57 Å². The summed E-state index contributed by atoms with van der Waals surface area (Å²) in [5.74, 6) is 0.0437. The number of nitrogens with two attached hydrogens (primary N) is 1. The van der Waals surface area contributed by atoms with E-state index in [9.17, 15) is 9.90 Å². The molecule has 0 bridgehead atoms. The summed E-state index contributed by atoms with van der Waals surface area (Å²) in [5, 5.41) is 9.30. The molecule has 1 fully saturated rings. The third-order valence-corrected chi connectivity index (χ3v) is 3.44. The first-order valence-electron chi connectivity index (χ1n) is 6.03. The van der Waals surface area contributed by atoms with Gasteiger partial charge < -0.3 is 15.6 Å². The van der Waals surface area contributed by atoms with Crippen LogP contribution in [-0.2, 0) is 4.74 Å². The summed E-state index contributed by atoms with van der Waals surface area (Å²) >= 11 is 0. The third-order valence-electron chi connectivity index (χ3n) is 3.44. The maximum Gasteiger partial charge on any atom is 0.280 e. The number of nitrogen functional groups attached to an aromatic ring is 1. The molecule has 2 aromatic rings. The van der Waals surface area contributed by atoms with Gasteiger partial charge in [0, 0.05) is 0 Å². The Morgan fingerprint density at radius 2 is 2.53 bits per heavy atom.